The Morgan fingerprint density at radius 2 is 1.00 bits per heavy atom. The molecule has 3 heteroatoms. The molecular weight excluding hydrogens is 143 g/mol. The summed E-state index contributed by atoms with van der Waals surface area (Å²) in [4.78, 5) is 0. The molecule has 0 saturated carbocycles. The summed E-state index contributed by atoms with van der Waals surface area (Å²) in [5.41, 5.74) is 0. The van der Waals surface area contributed by atoms with E-state index < -0.39 is 0 Å². The van der Waals surface area contributed by atoms with Crippen molar-refractivity contribution in [3.8, 4) is 0 Å². The third kappa shape index (κ3) is 9.12. The molecule has 0 N–H and O–H groups in total. The molecule has 0 aliphatic heterocycles. The van der Waals surface area contributed by atoms with E-state index in [0.29, 0.717) is 0 Å². The van der Waals surface area contributed by atoms with Crippen molar-refractivity contribution in [3.63, 3.8) is 0 Å². The molecule has 0 atom stereocenters. The second kappa shape index (κ2) is 20.9. The molecule has 0 heterocycles. The van der Waals surface area contributed by atoms with Crippen molar-refractivity contribution in [3.05, 3.63) is 0 Å². The van der Waals surface area contributed by atoms with Crippen LogP contribution < -0.4 is 0 Å². The molecule has 0 aliphatic rings. The normalized spacial score (nSPS) is 0. The summed E-state index contributed by atoms with van der Waals surface area (Å²) in [6, 6.07) is 0. The molecule has 0 rings (SSSR count). The van der Waals surface area contributed by atoms with Gasteiger partial charge in [-0.3, -0.25) is 0 Å². The number of rotatable bonds is 0. The second-order valence-electron chi connectivity index (χ2n) is 0. The van der Waals surface area contributed by atoms with Gasteiger partial charge >= 0.3 is 23.1 Å². The zero-order valence-electron chi connectivity index (χ0n) is 0.801. The Bertz CT molecular complexity index is 8.00. The van der Waals surface area contributed by atoms with E-state index in [2.05, 4.69) is 0 Å². The molecule has 0 saturated heterocycles. The van der Waals surface area contributed by atoms with Gasteiger partial charge in [0.05, 0.1) is 0 Å². The first-order chi connectivity index (χ1) is 0. The van der Waals surface area contributed by atoms with Crippen LogP contribution in [0.25, 0.3) is 0 Å². The van der Waals surface area contributed by atoms with Gasteiger partial charge in [0.2, 0.25) is 0 Å². The van der Waals surface area contributed by atoms with Crippen LogP contribution in [-0.4, -0.2) is 23.1 Å². The van der Waals surface area contributed by atoms with Gasteiger partial charge in [-0.25, -0.2) is 0 Å². The molecule has 0 bridgehead atoms. The first-order valence-corrected chi connectivity index (χ1v) is 0. The number of hydrogen-bond acceptors (Lipinski definition) is 0. The topological polar surface area (TPSA) is 0 Å². The van der Waals surface area contributed by atoms with E-state index in [4.69, 9.17) is 0 Å². The van der Waals surface area contributed by atoms with Crippen LogP contribution in [0.15, 0.2) is 0 Å². The third-order valence-electron chi connectivity index (χ3n) is 0. The Hall–Kier alpha value is 1.87. The van der Waals surface area contributed by atoms with E-state index in [1.165, 1.54) is 0 Å². The van der Waals surface area contributed by atoms with Crippen molar-refractivity contribution in [2.45, 2.75) is 7.43 Å². The van der Waals surface area contributed by atoms with Gasteiger partial charge in [-0.2, -0.15) is 0 Å². The van der Waals surface area contributed by atoms with E-state index in [1.54, 1.807) is 0 Å². The first kappa shape index (κ1) is 39.8. The molecular formula is CH6FeMgV. The smallest absolute Gasteiger partial charge is 0.0776 e. The molecule has 4 heavy (non-hydrogen) atoms. The molecule has 1 radical (unpaired) electrons. The second-order valence-corrected chi connectivity index (χ2v) is 0. The van der Waals surface area contributed by atoms with Crippen molar-refractivity contribution in [2.24, 2.45) is 0 Å². The van der Waals surface area contributed by atoms with Crippen LogP contribution in [0.1, 0.15) is 7.43 Å². The Balaban J connectivity index is 0. The summed E-state index contributed by atoms with van der Waals surface area (Å²) in [7, 11) is 0. The van der Waals surface area contributed by atoms with E-state index in [-0.39, 0.29) is 66.1 Å². The Morgan fingerprint density at radius 3 is 1.00 bits per heavy atom. The first-order valence-electron chi connectivity index (χ1n) is 0. The maximum Gasteiger partial charge on any atom is 0.316 e. The SMILES string of the molecule is C.[Fe].[MgH2].[V]. The largest absolute Gasteiger partial charge is 0.316 e. The molecule has 0 aromatic carbocycles. The average molecular weight is 149 g/mol. The van der Waals surface area contributed by atoms with Crippen molar-refractivity contribution in [1.82, 2.24) is 0 Å². The Morgan fingerprint density at radius 1 is 1.00 bits per heavy atom. The van der Waals surface area contributed by atoms with Crippen molar-refractivity contribution >= 4 is 23.1 Å². The maximum atomic E-state index is 0. The van der Waals surface area contributed by atoms with Crippen LogP contribution in [0, 0.1) is 0 Å². The minimum atomic E-state index is 0. The summed E-state index contributed by atoms with van der Waals surface area (Å²) in [5, 5.41) is 0. The average Bonchev–Trinajstić information content (AvgIpc) is 0. The fraction of sp³-hybridized carbons (Fsp3) is 1.00. The van der Waals surface area contributed by atoms with Crippen molar-refractivity contribution < 1.29 is 35.6 Å². The summed E-state index contributed by atoms with van der Waals surface area (Å²) in [6.07, 6.45) is 0. The zero-order chi connectivity index (χ0) is 0. The Labute approximate surface area is 65.6 Å². The Kier molecular flexibility index (Phi) is 208. The van der Waals surface area contributed by atoms with Crippen LogP contribution in [0.5, 0.6) is 0 Å². The van der Waals surface area contributed by atoms with Gasteiger partial charge in [0.15, 0.2) is 0 Å². The van der Waals surface area contributed by atoms with Crippen LogP contribution in [0.4, 0.5) is 0 Å². The zero-order valence-corrected chi connectivity index (χ0v) is 3.30. The van der Waals surface area contributed by atoms with E-state index in [9.17, 15) is 0 Å². The van der Waals surface area contributed by atoms with Gasteiger partial charge in [-0.1, -0.05) is 7.43 Å². The van der Waals surface area contributed by atoms with Gasteiger partial charge in [0, 0.05) is 35.6 Å². The molecule has 0 amide bonds. The van der Waals surface area contributed by atoms with Crippen LogP contribution >= 0.6 is 0 Å². The third-order valence-corrected chi connectivity index (χ3v) is 0. The van der Waals surface area contributed by atoms with Crippen LogP contribution in [-0.2, 0) is 35.6 Å². The molecule has 0 aliphatic carbocycles. The van der Waals surface area contributed by atoms with Crippen molar-refractivity contribution in [2.75, 3.05) is 0 Å². The summed E-state index contributed by atoms with van der Waals surface area (Å²) < 4.78 is 0. The van der Waals surface area contributed by atoms with Gasteiger partial charge in [0.1, 0.15) is 0 Å². The van der Waals surface area contributed by atoms with Gasteiger partial charge in [0.25, 0.3) is 0 Å². The maximum absolute atomic E-state index is 0. The quantitative estimate of drug-likeness (QED) is 0.415. The fourth-order valence-corrected chi connectivity index (χ4v) is 0. The summed E-state index contributed by atoms with van der Waals surface area (Å²) in [6.45, 7) is 0. The number of hydrogen-bond donors (Lipinski definition) is 0. The minimum Gasteiger partial charge on any atom is -0.0776 e. The molecule has 0 spiro atoms. The monoisotopic (exact) mass is 149 g/mol. The molecule has 0 fully saturated rings. The molecule has 0 unspecified atom stereocenters. The predicted molar refractivity (Wildman–Crippen MR) is 15.3 cm³/mol. The molecule has 0 nitrogen and oxygen atoms in total. The van der Waals surface area contributed by atoms with E-state index >= 15 is 0 Å². The summed E-state index contributed by atoms with van der Waals surface area (Å²) in [5.74, 6) is 0. The molecule has 25 valence electrons. The standard InChI is InChI=1S/CH4.Fe.Mg.V.2H/h1H4;;;;;. The van der Waals surface area contributed by atoms with Gasteiger partial charge in [-0.15, -0.1) is 0 Å². The van der Waals surface area contributed by atoms with E-state index in [1.807, 2.05) is 0 Å². The predicted octanol–water partition coefficient (Wildman–Crippen LogP) is -0.285. The van der Waals surface area contributed by atoms with Crippen molar-refractivity contribution in [1.29, 1.82) is 0 Å². The fourth-order valence-electron chi connectivity index (χ4n) is 0. The molecule has 0 aromatic rings. The van der Waals surface area contributed by atoms with Gasteiger partial charge < -0.3 is 0 Å². The van der Waals surface area contributed by atoms with Crippen LogP contribution in [0.2, 0.25) is 0 Å². The van der Waals surface area contributed by atoms with Gasteiger partial charge in [-0.05, 0) is 0 Å². The van der Waals surface area contributed by atoms with E-state index in [0.717, 1.165) is 0 Å². The van der Waals surface area contributed by atoms with Crippen LogP contribution in [0.3, 0.4) is 0 Å². The summed E-state index contributed by atoms with van der Waals surface area (Å²) >= 11 is 0. The minimum absolute atomic E-state index is 0. The molecule has 0 aromatic heterocycles.